The van der Waals surface area contributed by atoms with E-state index in [0.29, 0.717) is 13.2 Å². The van der Waals surface area contributed by atoms with Crippen LogP contribution < -0.4 is 10.1 Å². The molecule has 1 aliphatic heterocycles. The van der Waals surface area contributed by atoms with Crippen LogP contribution in [0.15, 0.2) is 54.6 Å². The van der Waals surface area contributed by atoms with E-state index in [4.69, 9.17) is 4.74 Å². The Hall–Kier alpha value is -2.49. The summed E-state index contributed by atoms with van der Waals surface area (Å²) in [6.45, 7) is 3.05. The van der Waals surface area contributed by atoms with Gasteiger partial charge in [-0.1, -0.05) is 36.4 Å². The van der Waals surface area contributed by atoms with Crippen molar-refractivity contribution >= 4 is 11.7 Å². The van der Waals surface area contributed by atoms with Gasteiger partial charge in [-0.25, -0.2) is 4.79 Å². The van der Waals surface area contributed by atoms with Gasteiger partial charge in [0.1, 0.15) is 12.4 Å². The minimum Gasteiger partial charge on any atom is -0.491 e. The van der Waals surface area contributed by atoms with Crippen LogP contribution in [0.4, 0.5) is 10.5 Å². The fourth-order valence-electron chi connectivity index (χ4n) is 2.40. The number of hydrogen-bond acceptors (Lipinski definition) is 2. The quantitative estimate of drug-likeness (QED) is 0.869. The van der Waals surface area contributed by atoms with Gasteiger partial charge in [0.25, 0.3) is 0 Å². The van der Waals surface area contributed by atoms with Crippen molar-refractivity contribution in [3.05, 3.63) is 60.2 Å². The molecule has 0 spiro atoms. The maximum Gasteiger partial charge on any atom is 0.322 e. The van der Waals surface area contributed by atoms with E-state index < -0.39 is 0 Å². The summed E-state index contributed by atoms with van der Waals surface area (Å²) in [6, 6.07) is 17.3. The Labute approximate surface area is 124 Å². The molecule has 108 valence electrons. The molecule has 1 atom stereocenters. The van der Waals surface area contributed by atoms with Gasteiger partial charge in [-0.05, 0) is 25.1 Å². The molecule has 0 radical (unpaired) electrons. The monoisotopic (exact) mass is 282 g/mol. The fourth-order valence-corrected chi connectivity index (χ4v) is 2.40. The Bertz CT molecular complexity index is 628. The molecule has 1 aliphatic rings. The second-order valence-corrected chi connectivity index (χ2v) is 5.19. The maximum atomic E-state index is 12.5. The molecule has 3 rings (SSSR count). The van der Waals surface area contributed by atoms with Crippen LogP contribution in [0.25, 0.3) is 0 Å². The lowest BCUT2D eigenvalue weighted by molar-refractivity contribution is 0.168. The number of benzene rings is 2. The van der Waals surface area contributed by atoms with Crippen LogP contribution in [-0.4, -0.2) is 23.6 Å². The van der Waals surface area contributed by atoms with Crippen LogP contribution in [-0.2, 0) is 6.54 Å². The molecule has 1 N–H and O–H groups in total. The number of fused-ring (bicyclic) bond motifs is 1. The van der Waals surface area contributed by atoms with Crippen molar-refractivity contribution in [3.8, 4) is 5.75 Å². The molecule has 2 aromatic rings. The van der Waals surface area contributed by atoms with E-state index in [1.165, 1.54) is 0 Å². The Morgan fingerprint density at radius 3 is 2.67 bits per heavy atom. The van der Waals surface area contributed by atoms with Gasteiger partial charge in [-0.3, -0.25) is 0 Å². The third-order valence-corrected chi connectivity index (χ3v) is 3.61. The molecule has 2 aromatic carbocycles. The summed E-state index contributed by atoms with van der Waals surface area (Å²) < 4.78 is 5.77. The summed E-state index contributed by atoms with van der Waals surface area (Å²) >= 11 is 0. The molecule has 0 saturated carbocycles. The lowest BCUT2D eigenvalue weighted by atomic mass is 10.2. The van der Waals surface area contributed by atoms with Crippen molar-refractivity contribution in [2.75, 3.05) is 11.9 Å². The van der Waals surface area contributed by atoms with Crippen molar-refractivity contribution in [2.24, 2.45) is 0 Å². The van der Waals surface area contributed by atoms with Gasteiger partial charge in [-0.2, -0.15) is 0 Å². The lowest BCUT2D eigenvalue weighted by Crippen LogP contribution is -2.42. The predicted octanol–water partition coefficient (Wildman–Crippen LogP) is 3.50. The summed E-state index contributed by atoms with van der Waals surface area (Å²) in [6.07, 6.45) is 0. The van der Waals surface area contributed by atoms with Gasteiger partial charge in [0.2, 0.25) is 0 Å². The summed E-state index contributed by atoms with van der Waals surface area (Å²) in [7, 11) is 0. The number of amides is 2. The Morgan fingerprint density at radius 1 is 1.14 bits per heavy atom. The number of urea groups is 1. The standard InChI is InChI=1S/C17H18N2O2/c1-13-12-21-16-10-6-5-7-14(16)11-19(13)17(20)18-15-8-3-2-4-9-15/h2-10,13H,11-12H2,1H3,(H,18,20). The van der Waals surface area contributed by atoms with Gasteiger partial charge in [0.15, 0.2) is 0 Å². The van der Waals surface area contributed by atoms with E-state index in [2.05, 4.69) is 5.32 Å². The molecule has 1 unspecified atom stereocenters. The Morgan fingerprint density at radius 2 is 1.86 bits per heavy atom. The fraction of sp³-hybridized carbons (Fsp3) is 0.235. The first-order valence-corrected chi connectivity index (χ1v) is 7.07. The summed E-state index contributed by atoms with van der Waals surface area (Å²) in [4.78, 5) is 14.3. The number of rotatable bonds is 1. The zero-order chi connectivity index (χ0) is 14.7. The van der Waals surface area contributed by atoms with Crippen molar-refractivity contribution < 1.29 is 9.53 Å². The number of nitrogens with zero attached hydrogens (tertiary/aromatic N) is 1. The van der Waals surface area contributed by atoms with E-state index in [0.717, 1.165) is 17.0 Å². The van der Waals surface area contributed by atoms with Gasteiger partial charge in [-0.15, -0.1) is 0 Å². The van der Waals surface area contributed by atoms with Crippen LogP contribution in [0.1, 0.15) is 12.5 Å². The first-order valence-electron chi connectivity index (χ1n) is 7.07. The van der Waals surface area contributed by atoms with Crippen LogP contribution in [0.3, 0.4) is 0 Å². The van der Waals surface area contributed by atoms with Crippen LogP contribution in [0, 0.1) is 0 Å². The van der Waals surface area contributed by atoms with E-state index in [1.54, 1.807) is 4.90 Å². The number of para-hydroxylation sites is 2. The first kappa shape index (κ1) is 13.5. The number of nitrogens with one attached hydrogen (secondary N) is 1. The molecular formula is C17H18N2O2. The molecule has 0 bridgehead atoms. The molecule has 0 fully saturated rings. The molecular weight excluding hydrogens is 264 g/mol. The van der Waals surface area contributed by atoms with E-state index in [9.17, 15) is 4.79 Å². The first-order chi connectivity index (χ1) is 10.2. The van der Waals surface area contributed by atoms with Gasteiger partial charge >= 0.3 is 6.03 Å². The topological polar surface area (TPSA) is 41.6 Å². The smallest absolute Gasteiger partial charge is 0.322 e. The van der Waals surface area contributed by atoms with Gasteiger partial charge in [0.05, 0.1) is 12.6 Å². The molecule has 2 amide bonds. The van der Waals surface area contributed by atoms with E-state index in [-0.39, 0.29) is 12.1 Å². The van der Waals surface area contributed by atoms with E-state index >= 15 is 0 Å². The highest BCUT2D eigenvalue weighted by molar-refractivity contribution is 5.89. The molecule has 0 aromatic heterocycles. The zero-order valence-corrected chi connectivity index (χ0v) is 12.0. The second kappa shape index (κ2) is 5.87. The van der Waals surface area contributed by atoms with Crippen LogP contribution in [0.2, 0.25) is 0 Å². The molecule has 21 heavy (non-hydrogen) atoms. The van der Waals surface area contributed by atoms with Crippen LogP contribution >= 0.6 is 0 Å². The van der Waals surface area contributed by atoms with Gasteiger partial charge < -0.3 is 15.0 Å². The highest BCUT2D eigenvalue weighted by atomic mass is 16.5. The normalized spacial score (nSPS) is 17.4. The predicted molar refractivity (Wildman–Crippen MR) is 82.4 cm³/mol. The summed E-state index contributed by atoms with van der Waals surface area (Å²) in [5.74, 6) is 0.861. The highest BCUT2D eigenvalue weighted by Crippen LogP contribution is 2.25. The number of ether oxygens (including phenoxy) is 1. The zero-order valence-electron chi connectivity index (χ0n) is 12.0. The highest BCUT2D eigenvalue weighted by Gasteiger charge is 2.25. The maximum absolute atomic E-state index is 12.5. The molecule has 1 heterocycles. The van der Waals surface area contributed by atoms with Crippen molar-refractivity contribution in [3.63, 3.8) is 0 Å². The number of anilines is 1. The second-order valence-electron chi connectivity index (χ2n) is 5.19. The van der Waals surface area contributed by atoms with Crippen molar-refractivity contribution in [1.29, 1.82) is 0 Å². The third kappa shape index (κ3) is 2.99. The van der Waals surface area contributed by atoms with Crippen LogP contribution in [0.5, 0.6) is 5.75 Å². The summed E-state index contributed by atoms with van der Waals surface area (Å²) in [5.41, 5.74) is 1.83. The minimum absolute atomic E-state index is 0.0149. The Kier molecular flexibility index (Phi) is 3.77. The Balaban J connectivity index is 1.79. The average Bonchev–Trinajstić information content (AvgIpc) is 2.68. The lowest BCUT2D eigenvalue weighted by Gasteiger charge is -2.26. The molecule has 0 aliphatic carbocycles. The van der Waals surface area contributed by atoms with Crippen molar-refractivity contribution in [1.82, 2.24) is 4.90 Å². The molecule has 4 nitrogen and oxygen atoms in total. The molecule has 0 saturated heterocycles. The number of carbonyl (C=O) groups is 1. The largest absolute Gasteiger partial charge is 0.491 e. The minimum atomic E-state index is -0.103. The summed E-state index contributed by atoms with van der Waals surface area (Å²) in [5, 5.41) is 2.93. The third-order valence-electron chi connectivity index (χ3n) is 3.61. The molecule has 4 heteroatoms. The number of hydrogen-bond donors (Lipinski definition) is 1. The average molecular weight is 282 g/mol. The number of carbonyl (C=O) groups excluding carboxylic acids is 1. The SMILES string of the molecule is CC1COc2ccccc2CN1C(=O)Nc1ccccc1. The van der Waals surface area contributed by atoms with Crippen molar-refractivity contribution in [2.45, 2.75) is 19.5 Å². The van der Waals surface area contributed by atoms with Gasteiger partial charge in [0, 0.05) is 11.3 Å². The van der Waals surface area contributed by atoms with E-state index in [1.807, 2.05) is 61.5 Å².